The van der Waals surface area contributed by atoms with Crippen molar-refractivity contribution in [3.8, 4) is 0 Å². The number of alkyl halides is 1. The van der Waals surface area contributed by atoms with Gasteiger partial charge in [0, 0.05) is 35.5 Å². The molecule has 3 heteroatoms. The normalized spacial score (nSPS) is 18.9. The summed E-state index contributed by atoms with van der Waals surface area (Å²) in [6.07, 6.45) is 1.07. The molecular formula is C15H22ClNS. The summed E-state index contributed by atoms with van der Waals surface area (Å²) in [5.41, 5.74) is 1.82. The lowest BCUT2D eigenvalue weighted by atomic mass is 9.90. The van der Waals surface area contributed by atoms with Gasteiger partial charge in [0.2, 0.25) is 0 Å². The highest BCUT2D eigenvalue weighted by molar-refractivity contribution is 7.99. The Labute approximate surface area is 120 Å². The average Bonchev–Trinajstić information content (AvgIpc) is 2.73. The Bertz CT molecular complexity index is 392. The van der Waals surface area contributed by atoms with Crippen LogP contribution in [-0.4, -0.2) is 24.7 Å². The zero-order chi connectivity index (χ0) is 13.0. The Balaban J connectivity index is 1.82. The maximum absolute atomic E-state index is 5.83. The Kier molecular flexibility index (Phi) is 4.99. The van der Waals surface area contributed by atoms with Gasteiger partial charge in [0.25, 0.3) is 0 Å². The van der Waals surface area contributed by atoms with Crippen molar-refractivity contribution >= 4 is 23.4 Å². The van der Waals surface area contributed by atoms with Gasteiger partial charge in [0.05, 0.1) is 0 Å². The van der Waals surface area contributed by atoms with Gasteiger partial charge in [-0.1, -0.05) is 32.0 Å². The van der Waals surface area contributed by atoms with E-state index >= 15 is 0 Å². The van der Waals surface area contributed by atoms with Gasteiger partial charge in [-0.3, -0.25) is 0 Å². The molecule has 1 aromatic rings. The first-order chi connectivity index (χ1) is 8.62. The third kappa shape index (κ3) is 3.66. The van der Waals surface area contributed by atoms with Crippen molar-refractivity contribution in [1.29, 1.82) is 0 Å². The molecule has 0 aromatic heterocycles. The fourth-order valence-electron chi connectivity index (χ4n) is 2.33. The molecule has 18 heavy (non-hydrogen) atoms. The highest BCUT2D eigenvalue weighted by Gasteiger charge is 2.23. The summed E-state index contributed by atoms with van der Waals surface area (Å²) in [5.74, 6) is 2.62. The van der Waals surface area contributed by atoms with E-state index in [9.17, 15) is 0 Å². The van der Waals surface area contributed by atoms with Crippen LogP contribution in [0.15, 0.2) is 29.2 Å². The first-order valence-electron chi connectivity index (χ1n) is 6.61. The van der Waals surface area contributed by atoms with Crippen LogP contribution in [-0.2, 0) is 0 Å². The van der Waals surface area contributed by atoms with Gasteiger partial charge in [-0.25, -0.2) is 0 Å². The molecule has 0 saturated carbocycles. The van der Waals surface area contributed by atoms with E-state index in [1.54, 1.807) is 0 Å². The Morgan fingerprint density at radius 3 is 2.94 bits per heavy atom. The summed E-state index contributed by atoms with van der Waals surface area (Å²) in [5, 5.41) is 3.62. The zero-order valence-corrected chi connectivity index (χ0v) is 12.8. The van der Waals surface area contributed by atoms with E-state index in [0.717, 1.165) is 25.4 Å². The minimum Gasteiger partial charge on any atom is -0.316 e. The van der Waals surface area contributed by atoms with Gasteiger partial charge in [-0.15, -0.1) is 23.4 Å². The van der Waals surface area contributed by atoms with Crippen LogP contribution in [0.4, 0.5) is 0 Å². The molecule has 1 heterocycles. The third-order valence-corrected chi connectivity index (χ3v) is 5.01. The number of hydrogen-bond donors (Lipinski definition) is 1. The lowest BCUT2D eigenvalue weighted by Crippen LogP contribution is -2.32. The number of halogens is 1. The van der Waals surface area contributed by atoms with E-state index in [0.29, 0.717) is 11.3 Å². The monoisotopic (exact) mass is 283 g/mol. The van der Waals surface area contributed by atoms with Gasteiger partial charge in [0.15, 0.2) is 0 Å². The lowest BCUT2D eigenvalue weighted by molar-refractivity contribution is 0.328. The minimum atomic E-state index is 0.299. The smallest absolute Gasteiger partial charge is 0.0229 e. The van der Waals surface area contributed by atoms with Crippen molar-refractivity contribution in [1.82, 2.24) is 5.32 Å². The molecule has 0 aliphatic carbocycles. The van der Waals surface area contributed by atoms with Crippen LogP contribution in [0, 0.1) is 5.41 Å². The van der Waals surface area contributed by atoms with Crippen LogP contribution in [0.2, 0.25) is 0 Å². The van der Waals surface area contributed by atoms with Crippen LogP contribution in [0.5, 0.6) is 0 Å². The summed E-state index contributed by atoms with van der Waals surface area (Å²) in [7, 11) is 0. The van der Waals surface area contributed by atoms with E-state index < -0.39 is 0 Å². The first kappa shape index (κ1) is 14.2. The average molecular weight is 284 g/mol. The Morgan fingerprint density at radius 1 is 1.39 bits per heavy atom. The molecule has 100 valence electrons. The molecule has 0 spiro atoms. The number of benzene rings is 1. The van der Waals surface area contributed by atoms with Gasteiger partial charge in [0.1, 0.15) is 0 Å². The maximum atomic E-state index is 5.83. The van der Waals surface area contributed by atoms with Crippen molar-refractivity contribution in [3.63, 3.8) is 0 Å². The predicted octanol–water partition coefficient (Wildman–Crippen LogP) is 4.12. The molecule has 1 unspecified atom stereocenters. The molecule has 1 atom stereocenters. The lowest BCUT2D eigenvalue weighted by Gasteiger charge is -2.25. The van der Waals surface area contributed by atoms with Crippen LogP contribution < -0.4 is 5.32 Å². The quantitative estimate of drug-likeness (QED) is 0.788. The fraction of sp³-hybridized carbons (Fsp3) is 0.600. The zero-order valence-electron chi connectivity index (χ0n) is 11.2. The van der Waals surface area contributed by atoms with Crippen LogP contribution in [0.3, 0.4) is 0 Å². The Morgan fingerprint density at radius 2 is 2.17 bits per heavy atom. The van der Waals surface area contributed by atoms with E-state index in [2.05, 4.69) is 43.4 Å². The molecular weight excluding hydrogens is 262 g/mol. The number of fused-ring (bicyclic) bond motifs is 1. The highest BCUT2D eigenvalue weighted by Crippen LogP contribution is 2.38. The predicted molar refractivity (Wildman–Crippen MR) is 81.9 cm³/mol. The summed E-state index contributed by atoms with van der Waals surface area (Å²) in [6, 6.07) is 8.78. The van der Waals surface area contributed by atoms with Crippen LogP contribution >= 0.6 is 23.4 Å². The molecule has 1 aliphatic rings. The second-order valence-corrected chi connectivity index (χ2v) is 7.22. The number of hydrogen-bond acceptors (Lipinski definition) is 2. The molecule has 1 aromatic carbocycles. The summed E-state index contributed by atoms with van der Waals surface area (Å²) in [4.78, 5) is 1.46. The van der Waals surface area contributed by atoms with Crippen molar-refractivity contribution in [2.45, 2.75) is 31.1 Å². The number of nitrogens with one attached hydrogen (secondary N) is 1. The summed E-state index contributed by atoms with van der Waals surface area (Å²) < 4.78 is 0. The molecule has 1 nitrogen and oxygen atoms in total. The van der Waals surface area contributed by atoms with Crippen molar-refractivity contribution in [3.05, 3.63) is 29.8 Å². The molecule has 0 saturated heterocycles. The van der Waals surface area contributed by atoms with Gasteiger partial charge in [-0.05, 0) is 23.5 Å². The molecule has 1 N–H and O–H groups in total. The molecule has 0 radical (unpaired) electrons. The second-order valence-electron chi connectivity index (χ2n) is 5.78. The standard InChI is InChI=1S/C15H22ClNS/c1-15(2,7-8-16)11-17-9-12-10-18-14-6-4-3-5-13(12)14/h3-6,12,17H,7-11H2,1-2H3. The molecule has 0 amide bonds. The second kappa shape index (κ2) is 6.31. The SMILES string of the molecule is CC(C)(CCCl)CNCC1CSc2ccccc21. The summed E-state index contributed by atoms with van der Waals surface area (Å²) >= 11 is 7.81. The van der Waals surface area contributed by atoms with Crippen molar-refractivity contribution in [2.75, 3.05) is 24.7 Å². The van der Waals surface area contributed by atoms with E-state index in [-0.39, 0.29) is 0 Å². The van der Waals surface area contributed by atoms with E-state index in [4.69, 9.17) is 11.6 Å². The molecule has 0 fully saturated rings. The van der Waals surface area contributed by atoms with Crippen LogP contribution in [0.25, 0.3) is 0 Å². The minimum absolute atomic E-state index is 0.299. The van der Waals surface area contributed by atoms with Crippen LogP contribution in [0.1, 0.15) is 31.7 Å². The maximum Gasteiger partial charge on any atom is 0.0229 e. The molecule has 0 bridgehead atoms. The van der Waals surface area contributed by atoms with Gasteiger partial charge < -0.3 is 5.32 Å². The highest BCUT2D eigenvalue weighted by atomic mass is 35.5. The number of rotatable bonds is 6. The van der Waals surface area contributed by atoms with Crippen molar-refractivity contribution in [2.24, 2.45) is 5.41 Å². The topological polar surface area (TPSA) is 12.0 Å². The number of thioether (sulfide) groups is 1. The summed E-state index contributed by atoms with van der Waals surface area (Å²) in [6.45, 7) is 6.68. The van der Waals surface area contributed by atoms with Gasteiger partial charge in [-0.2, -0.15) is 0 Å². The van der Waals surface area contributed by atoms with Gasteiger partial charge >= 0.3 is 0 Å². The largest absolute Gasteiger partial charge is 0.316 e. The van der Waals surface area contributed by atoms with Crippen molar-refractivity contribution < 1.29 is 0 Å². The Hall–Kier alpha value is -0.180. The van der Waals surface area contributed by atoms with E-state index in [1.165, 1.54) is 16.2 Å². The first-order valence-corrected chi connectivity index (χ1v) is 8.13. The fourth-order valence-corrected chi connectivity index (χ4v) is 4.09. The molecule has 1 aliphatic heterocycles. The molecule has 2 rings (SSSR count). The van der Waals surface area contributed by atoms with E-state index in [1.807, 2.05) is 11.8 Å². The third-order valence-electron chi connectivity index (χ3n) is 3.56.